The third-order valence-corrected chi connectivity index (χ3v) is 3.57. The largest absolute Gasteiger partial charge is 0.505 e. The maximum absolute atomic E-state index is 12.9. The molecule has 1 aliphatic heterocycles. The molecule has 0 spiro atoms. The van der Waals surface area contributed by atoms with E-state index < -0.39 is 38.2 Å². The Morgan fingerprint density at radius 3 is 2.59 bits per heavy atom. The van der Waals surface area contributed by atoms with Crippen molar-refractivity contribution in [2.75, 3.05) is 0 Å². The van der Waals surface area contributed by atoms with Gasteiger partial charge in [-0.05, 0) is 18.2 Å². The monoisotopic (exact) mass is 259 g/mol. The molecule has 90 valence electrons. The number of carbonyl (C=O) groups is 1. The van der Waals surface area contributed by atoms with Gasteiger partial charge in [0.25, 0.3) is 10.0 Å². The molecule has 0 radical (unpaired) electrons. The SMILES string of the molecule is O=C(O)C1=C(O)c2ccc(F)cc2S(=O)(=O)N1. The van der Waals surface area contributed by atoms with Gasteiger partial charge in [-0.1, -0.05) is 0 Å². The van der Waals surface area contributed by atoms with E-state index >= 15 is 0 Å². The number of benzene rings is 1. The number of aliphatic hydroxyl groups is 1. The second-order valence-corrected chi connectivity index (χ2v) is 4.93. The van der Waals surface area contributed by atoms with Crippen molar-refractivity contribution >= 4 is 21.8 Å². The van der Waals surface area contributed by atoms with Gasteiger partial charge in [-0.15, -0.1) is 0 Å². The number of hydrogen-bond donors (Lipinski definition) is 3. The van der Waals surface area contributed by atoms with Crippen LogP contribution >= 0.6 is 0 Å². The third-order valence-electron chi connectivity index (χ3n) is 2.18. The van der Waals surface area contributed by atoms with Gasteiger partial charge in [-0.25, -0.2) is 17.6 Å². The predicted molar refractivity (Wildman–Crippen MR) is 53.9 cm³/mol. The van der Waals surface area contributed by atoms with Crippen molar-refractivity contribution in [2.45, 2.75) is 4.90 Å². The molecular weight excluding hydrogens is 253 g/mol. The zero-order chi connectivity index (χ0) is 12.8. The van der Waals surface area contributed by atoms with Crippen LogP contribution in [0.3, 0.4) is 0 Å². The highest BCUT2D eigenvalue weighted by Crippen LogP contribution is 2.29. The number of hydrogen-bond acceptors (Lipinski definition) is 4. The van der Waals surface area contributed by atoms with Crippen molar-refractivity contribution in [3.63, 3.8) is 0 Å². The summed E-state index contributed by atoms with van der Waals surface area (Å²) >= 11 is 0. The summed E-state index contributed by atoms with van der Waals surface area (Å²) in [6, 6.07) is 2.63. The number of carboxylic acid groups (broad SMARTS) is 1. The Kier molecular flexibility index (Phi) is 2.32. The molecule has 1 aromatic carbocycles. The summed E-state index contributed by atoms with van der Waals surface area (Å²) < 4.78 is 37.8. The summed E-state index contributed by atoms with van der Waals surface area (Å²) in [5, 5.41) is 18.3. The Bertz CT molecular complexity index is 649. The van der Waals surface area contributed by atoms with E-state index in [4.69, 9.17) is 5.11 Å². The lowest BCUT2D eigenvalue weighted by molar-refractivity contribution is -0.132. The van der Waals surface area contributed by atoms with E-state index in [1.54, 1.807) is 4.72 Å². The average molecular weight is 259 g/mol. The smallest absolute Gasteiger partial charge is 0.356 e. The van der Waals surface area contributed by atoms with Gasteiger partial charge >= 0.3 is 5.97 Å². The van der Waals surface area contributed by atoms with Crippen LogP contribution in [-0.4, -0.2) is 24.6 Å². The Morgan fingerprint density at radius 2 is 2.00 bits per heavy atom. The van der Waals surface area contributed by atoms with E-state index in [0.29, 0.717) is 6.07 Å². The van der Waals surface area contributed by atoms with Crippen LogP contribution in [0, 0.1) is 5.82 Å². The zero-order valence-corrected chi connectivity index (χ0v) is 8.95. The summed E-state index contributed by atoms with van der Waals surface area (Å²) in [6.45, 7) is 0. The number of carboxylic acids is 1. The van der Waals surface area contributed by atoms with Crippen molar-refractivity contribution in [1.82, 2.24) is 4.72 Å². The van der Waals surface area contributed by atoms with Gasteiger partial charge in [-0.3, -0.25) is 4.72 Å². The number of rotatable bonds is 1. The normalized spacial score (nSPS) is 17.2. The molecule has 1 heterocycles. The van der Waals surface area contributed by atoms with Crippen molar-refractivity contribution in [1.29, 1.82) is 0 Å². The molecule has 3 N–H and O–H groups in total. The van der Waals surface area contributed by atoms with Crippen LogP contribution in [0.4, 0.5) is 4.39 Å². The fraction of sp³-hybridized carbons (Fsp3) is 0. The highest BCUT2D eigenvalue weighted by Gasteiger charge is 2.32. The van der Waals surface area contributed by atoms with Crippen molar-refractivity contribution in [2.24, 2.45) is 0 Å². The summed E-state index contributed by atoms with van der Waals surface area (Å²) in [7, 11) is -4.18. The van der Waals surface area contributed by atoms with Crippen molar-refractivity contribution in [3.8, 4) is 0 Å². The quantitative estimate of drug-likeness (QED) is 0.678. The number of aliphatic carboxylic acids is 1. The lowest BCUT2D eigenvalue weighted by Gasteiger charge is -2.19. The predicted octanol–water partition coefficient (Wildman–Crippen LogP) is 0.429. The van der Waals surface area contributed by atoms with Crippen LogP contribution in [0.15, 0.2) is 28.8 Å². The molecule has 0 amide bonds. The van der Waals surface area contributed by atoms with Crippen LogP contribution in [0.5, 0.6) is 0 Å². The van der Waals surface area contributed by atoms with E-state index in [2.05, 4.69) is 0 Å². The maximum Gasteiger partial charge on any atom is 0.356 e. The molecule has 0 saturated carbocycles. The first-order valence-corrected chi connectivity index (χ1v) is 5.80. The van der Waals surface area contributed by atoms with Crippen LogP contribution in [0.2, 0.25) is 0 Å². The number of halogens is 1. The van der Waals surface area contributed by atoms with Gasteiger partial charge < -0.3 is 10.2 Å². The molecule has 0 aliphatic carbocycles. The molecule has 0 saturated heterocycles. The number of nitrogens with one attached hydrogen (secondary N) is 1. The Labute approximate surface area is 95.1 Å². The minimum Gasteiger partial charge on any atom is -0.505 e. The molecule has 2 rings (SSSR count). The van der Waals surface area contributed by atoms with Crippen molar-refractivity contribution < 1.29 is 27.8 Å². The summed E-state index contributed by atoms with van der Waals surface area (Å²) in [5.41, 5.74) is -1.10. The molecular formula is C9H6FNO5S. The second kappa shape index (κ2) is 3.45. The van der Waals surface area contributed by atoms with Crippen LogP contribution in [0.1, 0.15) is 5.56 Å². The van der Waals surface area contributed by atoms with E-state index in [9.17, 15) is 22.7 Å². The van der Waals surface area contributed by atoms with Gasteiger partial charge in [0.15, 0.2) is 11.5 Å². The minimum atomic E-state index is -4.18. The van der Waals surface area contributed by atoms with E-state index in [-0.39, 0.29) is 5.56 Å². The van der Waals surface area contributed by atoms with E-state index in [1.807, 2.05) is 0 Å². The lowest BCUT2D eigenvalue weighted by atomic mass is 10.1. The van der Waals surface area contributed by atoms with Crippen molar-refractivity contribution in [3.05, 3.63) is 35.3 Å². The van der Waals surface area contributed by atoms with Crippen LogP contribution in [-0.2, 0) is 14.8 Å². The van der Waals surface area contributed by atoms with Gasteiger partial charge in [0.2, 0.25) is 0 Å². The summed E-state index contributed by atoms with van der Waals surface area (Å²) in [5.74, 6) is -3.18. The minimum absolute atomic E-state index is 0.248. The Hall–Kier alpha value is -2.09. The zero-order valence-electron chi connectivity index (χ0n) is 8.14. The fourth-order valence-corrected chi connectivity index (χ4v) is 2.72. The Balaban J connectivity index is 2.81. The van der Waals surface area contributed by atoms with Gasteiger partial charge in [0.1, 0.15) is 10.7 Å². The highest BCUT2D eigenvalue weighted by atomic mass is 32.2. The van der Waals surface area contributed by atoms with Gasteiger partial charge in [0, 0.05) is 5.56 Å². The molecule has 0 bridgehead atoms. The Morgan fingerprint density at radius 1 is 1.35 bits per heavy atom. The van der Waals surface area contributed by atoms with E-state index in [0.717, 1.165) is 12.1 Å². The van der Waals surface area contributed by atoms with Crippen LogP contribution in [0.25, 0.3) is 5.76 Å². The second-order valence-electron chi connectivity index (χ2n) is 3.27. The molecule has 6 nitrogen and oxygen atoms in total. The lowest BCUT2D eigenvalue weighted by Crippen LogP contribution is -2.33. The molecule has 0 unspecified atom stereocenters. The summed E-state index contributed by atoms with van der Waals surface area (Å²) in [6.07, 6.45) is 0. The topological polar surface area (TPSA) is 104 Å². The summed E-state index contributed by atoms with van der Waals surface area (Å²) in [4.78, 5) is 10.2. The standard InChI is InChI=1S/C9H6FNO5S/c10-4-1-2-5-6(3-4)17(15,16)11-7(8(5)12)9(13)14/h1-3,11-12H,(H,13,14). The molecule has 0 aromatic heterocycles. The average Bonchev–Trinajstić information content (AvgIpc) is 2.23. The number of sulfonamides is 1. The maximum atomic E-state index is 12.9. The number of aliphatic hydroxyl groups excluding tert-OH is 1. The first kappa shape index (κ1) is 11.4. The van der Waals surface area contributed by atoms with Gasteiger partial charge in [0.05, 0.1) is 0 Å². The molecule has 17 heavy (non-hydrogen) atoms. The first-order valence-electron chi connectivity index (χ1n) is 4.32. The van der Waals surface area contributed by atoms with E-state index in [1.165, 1.54) is 0 Å². The fourth-order valence-electron chi connectivity index (χ4n) is 1.43. The molecule has 0 atom stereocenters. The third kappa shape index (κ3) is 1.72. The van der Waals surface area contributed by atoms with Gasteiger partial charge in [-0.2, -0.15) is 0 Å². The molecule has 0 fully saturated rings. The van der Waals surface area contributed by atoms with Crippen LogP contribution < -0.4 is 4.72 Å². The highest BCUT2D eigenvalue weighted by molar-refractivity contribution is 7.89. The molecule has 8 heteroatoms. The first-order chi connectivity index (χ1) is 7.83. The molecule has 1 aromatic rings. The number of fused-ring (bicyclic) bond motifs is 1. The molecule has 1 aliphatic rings.